The van der Waals surface area contributed by atoms with Crippen LogP contribution in [-0.4, -0.2) is 47.8 Å². The molecule has 9 heteroatoms. The van der Waals surface area contributed by atoms with Crippen LogP contribution in [0.5, 0.6) is 0 Å². The fourth-order valence-electron chi connectivity index (χ4n) is 2.01. The van der Waals surface area contributed by atoms with E-state index in [1.54, 1.807) is 6.20 Å². The van der Waals surface area contributed by atoms with Crippen molar-refractivity contribution in [3.8, 4) is 23.2 Å². The summed E-state index contributed by atoms with van der Waals surface area (Å²) in [6, 6.07) is 0.355. The minimum atomic E-state index is 0.349. The first-order chi connectivity index (χ1) is 9.81. The molecule has 0 amide bonds. The van der Waals surface area contributed by atoms with Gasteiger partial charge in [-0.2, -0.15) is 4.98 Å². The molecule has 0 aliphatic carbocycles. The highest BCUT2D eigenvalue weighted by Gasteiger charge is 2.22. The summed E-state index contributed by atoms with van der Waals surface area (Å²) >= 11 is 0. The summed E-state index contributed by atoms with van der Waals surface area (Å²) in [6.45, 7) is 1.82. The third kappa shape index (κ3) is 1.71. The first kappa shape index (κ1) is 11.3. The van der Waals surface area contributed by atoms with Crippen molar-refractivity contribution in [2.45, 2.75) is 6.04 Å². The summed E-state index contributed by atoms with van der Waals surface area (Å²) in [4.78, 5) is 8.49. The van der Waals surface area contributed by atoms with Gasteiger partial charge >= 0.3 is 0 Å². The van der Waals surface area contributed by atoms with Crippen LogP contribution in [0, 0.1) is 0 Å². The van der Waals surface area contributed by atoms with Gasteiger partial charge < -0.3 is 14.4 Å². The molecule has 102 valence electrons. The molecule has 0 radical (unpaired) electrons. The van der Waals surface area contributed by atoms with E-state index in [0.29, 0.717) is 29.3 Å². The Labute approximate surface area is 113 Å². The number of nitrogens with one attached hydrogen (secondary N) is 1. The van der Waals surface area contributed by atoms with Crippen LogP contribution in [0.25, 0.3) is 23.2 Å². The molecule has 3 aromatic rings. The molecule has 3 aromatic heterocycles. The minimum absolute atomic E-state index is 0.349. The summed E-state index contributed by atoms with van der Waals surface area (Å²) < 4.78 is 8.87. The molecular formula is C11H12N8O. The second-order valence-corrected chi connectivity index (χ2v) is 4.68. The summed E-state index contributed by atoms with van der Waals surface area (Å²) in [5.74, 6) is 1.43. The SMILES string of the molecule is Cn1ccnc1-c1noc(-c2cn(C3CNC3)nn2)n1. The molecule has 0 atom stereocenters. The molecule has 0 aromatic carbocycles. The van der Waals surface area contributed by atoms with Gasteiger partial charge in [-0.25, -0.2) is 9.67 Å². The van der Waals surface area contributed by atoms with Crippen LogP contribution in [0.2, 0.25) is 0 Å². The van der Waals surface area contributed by atoms with Gasteiger partial charge in [0.1, 0.15) is 0 Å². The Balaban J connectivity index is 1.64. The molecule has 9 nitrogen and oxygen atoms in total. The molecule has 0 spiro atoms. The predicted molar refractivity (Wildman–Crippen MR) is 67.4 cm³/mol. The van der Waals surface area contributed by atoms with E-state index in [9.17, 15) is 0 Å². The maximum Gasteiger partial charge on any atom is 0.280 e. The summed E-state index contributed by atoms with van der Waals surface area (Å²) in [5.41, 5.74) is 0.574. The van der Waals surface area contributed by atoms with Crippen molar-refractivity contribution >= 4 is 0 Å². The van der Waals surface area contributed by atoms with E-state index in [-0.39, 0.29) is 0 Å². The topological polar surface area (TPSA) is 99.5 Å². The zero-order valence-corrected chi connectivity index (χ0v) is 10.8. The van der Waals surface area contributed by atoms with Gasteiger partial charge in [-0.1, -0.05) is 10.4 Å². The number of hydrogen-bond donors (Lipinski definition) is 1. The van der Waals surface area contributed by atoms with Gasteiger partial charge in [-0.15, -0.1) is 5.10 Å². The van der Waals surface area contributed by atoms with E-state index in [0.717, 1.165) is 13.1 Å². The van der Waals surface area contributed by atoms with E-state index in [1.807, 2.05) is 28.7 Å². The lowest BCUT2D eigenvalue weighted by atomic mass is 10.2. The van der Waals surface area contributed by atoms with E-state index < -0.39 is 0 Å². The van der Waals surface area contributed by atoms with Crippen molar-refractivity contribution in [2.75, 3.05) is 13.1 Å². The van der Waals surface area contributed by atoms with Crippen molar-refractivity contribution in [3.05, 3.63) is 18.6 Å². The van der Waals surface area contributed by atoms with Crippen LogP contribution in [0.15, 0.2) is 23.1 Å². The van der Waals surface area contributed by atoms with Crippen molar-refractivity contribution in [3.63, 3.8) is 0 Å². The van der Waals surface area contributed by atoms with Gasteiger partial charge in [-0.3, -0.25) is 0 Å². The average molecular weight is 272 g/mol. The molecule has 1 fully saturated rings. The second kappa shape index (κ2) is 4.23. The van der Waals surface area contributed by atoms with Gasteiger partial charge in [0.25, 0.3) is 5.89 Å². The smallest absolute Gasteiger partial charge is 0.280 e. The lowest BCUT2D eigenvalue weighted by Gasteiger charge is -2.26. The molecule has 1 aliphatic heterocycles. The van der Waals surface area contributed by atoms with Gasteiger partial charge in [-0.05, 0) is 0 Å². The van der Waals surface area contributed by atoms with Crippen molar-refractivity contribution in [1.82, 2.24) is 40.0 Å². The number of aromatic nitrogens is 7. The Morgan fingerprint density at radius 3 is 3.00 bits per heavy atom. The minimum Gasteiger partial charge on any atom is -0.332 e. The molecule has 20 heavy (non-hydrogen) atoms. The van der Waals surface area contributed by atoms with Crippen LogP contribution in [0.1, 0.15) is 6.04 Å². The van der Waals surface area contributed by atoms with E-state index in [4.69, 9.17) is 4.52 Å². The van der Waals surface area contributed by atoms with Crippen molar-refractivity contribution < 1.29 is 4.52 Å². The third-order valence-electron chi connectivity index (χ3n) is 3.31. The van der Waals surface area contributed by atoms with Crippen LogP contribution >= 0.6 is 0 Å². The molecule has 1 saturated heterocycles. The van der Waals surface area contributed by atoms with Gasteiger partial charge in [0.15, 0.2) is 11.5 Å². The fraction of sp³-hybridized carbons (Fsp3) is 0.364. The largest absolute Gasteiger partial charge is 0.332 e. The Morgan fingerprint density at radius 2 is 2.30 bits per heavy atom. The van der Waals surface area contributed by atoms with E-state index in [1.165, 1.54) is 0 Å². The summed E-state index contributed by atoms with van der Waals surface area (Å²) in [6.07, 6.45) is 5.33. The van der Waals surface area contributed by atoms with E-state index >= 15 is 0 Å². The quantitative estimate of drug-likeness (QED) is 0.709. The first-order valence-electron chi connectivity index (χ1n) is 6.25. The summed E-state index contributed by atoms with van der Waals surface area (Å²) in [7, 11) is 1.87. The lowest BCUT2D eigenvalue weighted by Crippen LogP contribution is -2.43. The molecule has 1 aliphatic rings. The van der Waals surface area contributed by atoms with Crippen LogP contribution in [0.4, 0.5) is 0 Å². The Bertz CT molecular complexity index is 737. The number of aryl methyl sites for hydroxylation is 1. The van der Waals surface area contributed by atoms with Gasteiger partial charge in [0.2, 0.25) is 5.82 Å². The fourth-order valence-corrected chi connectivity index (χ4v) is 2.01. The second-order valence-electron chi connectivity index (χ2n) is 4.68. The highest BCUT2D eigenvalue weighted by molar-refractivity contribution is 5.50. The highest BCUT2D eigenvalue weighted by Crippen LogP contribution is 2.20. The Morgan fingerprint density at radius 1 is 1.40 bits per heavy atom. The molecule has 4 rings (SSSR count). The molecule has 0 saturated carbocycles. The number of nitrogens with zero attached hydrogens (tertiary/aromatic N) is 7. The molecule has 1 N–H and O–H groups in total. The van der Waals surface area contributed by atoms with Crippen LogP contribution in [0.3, 0.4) is 0 Å². The first-order valence-corrected chi connectivity index (χ1v) is 6.25. The van der Waals surface area contributed by atoms with Crippen LogP contribution < -0.4 is 5.32 Å². The van der Waals surface area contributed by atoms with Crippen LogP contribution in [-0.2, 0) is 7.05 Å². The molecule has 0 unspecified atom stereocenters. The zero-order valence-electron chi connectivity index (χ0n) is 10.8. The normalized spacial score (nSPS) is 15.4. The standard InChI is InChI=1S/C11H12N8O/c1-18-3-2-13-10(18)9-14-11(20-16-9)8-6-19(17-15-8)7-4-12-5-7/h2-3,6-7,12H,4-5H2,1H3. The number of rotatable bonds is 3. The van der Waals surface area contributed by atoms with Gasteiger partial charge in [0.05, 0.1) is 12.2 Å². The predicted octanol–water partition coefficient (Wildman–Crippen LogP) is -0.127. The van der Waals surface area contributed by atoms with Gasteiger partial charge in [0, 0.05) is 32.5 Å². The summed E-state index contributed by atoms with van der Waals surface area (Å²) in [5, 5.41) is 15.3. The molecule has 4 heterocycles. The maximum atomic E-state index is 5.23. The molecular weight excluding hydrogens is 260 g/mol. The Hall–Kier alpha value is -2.55. The van der Waals surface area contributed by atoms with Crippen molar-refractivity contribution in [2.24, 2.45) is 7.05 Å². The van der Waals surface area contributed by atoms with E-state index in [2.05, 4.69) is 30.8 Å². The number of hydrogen-bond acceptors (Lipinski definition) is 7. The average Bonchev–Trinajstić information content (AvgIpc) is 3.04. The zero-order chi connectivity index (χ0) is 13.5. The third-order valence-corrected chi connectivity index (χ3v) is 3.31. The Kier molecular flexibility index (Phi) is 2.39. The lowest BCUT2D eigenvalue weighted by molar-refractivity contribution is 0.313. The maximum absolute atomic E-state index is 5.23. The highest BCUT2D eigenvalue weighted by atomic mass is 16.5. The van der Waals surface area contributed by atoms with Crippen molar-refractivity contribution in [1.29, 1.82) is 0 Å². The molecule has 0 bridgehead atoms. The number of imidazole rings is 1. The monoisotopic (exact) mass is 272 g/mol.